The molecule has 5 rings (SSSR count). The average molecular weight is 590 g/mol. The van der Waals surface area contributed by atoms with Crippen LogP contribution in [0.1, 0.15) is 47.7 Å². The molecular formula is C31H28F3N6O3+. The number of nitrogens with zero attached hydrogens (tertiary/aromatic N) is 5. The molecule has 2 aromatic heterocycles. The molecule has 220 valence electrons. The second-order valence-corrected chi connectivity index (χ2v) is 10.0. The van der Waals surface area contributed by atoms with Crippen molar-refractivity contribution in [3.05, 3.63) is 117 Å². The number of carbonyl (C=O) groups excluding carboxylic acids is 1. The summed E-state index contributed by atoms with van der Waals surface area (Å²) >= 11 is 0. The Bertz CT molecular complexity index is 1820. The summed E-state index contributed by atoms with van der Waals surface area (Å²) < 4.78 is 49.2. The van der Waals surface area contributed by atoms with E-state index in [4.69, 9.17) is 4.74 Å². The molecule has 0 bridgehead atoms. The number of fused-ring (bicyclic) bond motifs is 1. The standard InChI is InChI=1S/C31H27F3N6O3/c1-4-20-10-13-38(14-11-20)15-12-22-16-21(18-35)8-9-25(22)27-26(28(41)43-3)19(2)39(29-36-37-30(42)40(27)29)24-7-5-6-23(17-24)31(32,33)34/h5-11,13-14,16-17,27H,4,12,15H2,1-3H3/p+1. The first-order valence-corrected chi connectivity index (χ1v) is 13.5. The second-order valence-electron chi connectivity index (χ2n) is 10.0. The zero-order valence-corrected chi connectivity index (χ0v) is 23.6. The number of H-pyrrole nitrogens is 1. The number of nitrogens with one attached hydrogen (secondary N) is 1. The van der Waals surface area contributed by atoms with Gasteiger partial charge in [0.1, 0.15) is 6.04 Å². The monoisotopic (exact) mass is 589 g/mol. The molecule has 43 heavy (non-hydrogen) atoms. The Hall–Kier alpha value is -5.18. The van der Waals surface area contributed by atoms with Crippen molar-refractivity contribution in [2.75, 3.05) is 12.0 Å². The molecular weight excluding hydrogens is 561 g/mol. The van der Waals surface area contributed by atoms with Gasteiger partial charge in [0.2, 0.25) is 5.95 Å². The van der Waals surface area contributed by atoms with Crippen molar-refractivity contribution >= 4 is 17.6 Å². The van der Waals surface area contributed by atoms with E-state index in [-0.39, 0.29) is 22.9 Å². The number of aromatic amines is 1. The molecule has 1 N–H and O–H groups in total. The molecule has 1 aliphatic rings. The van der Waals surface area contributed by atoms with Gasteiger partial charge in [-0.3, -0.25) is 4.90 Å². The van der Waals surface area contributed by atoms with Crippen LogP contribution in [0, 0.1) is 11.3 Å². The topological polar surface area (TPSA) is 108 Å². The van der Waals surface area contributed by atoms with Crippen LogP contribution in [0.15, 0.2) is 83.1 Å². The van der Waals surface area contributed by atoms with Gasteiger partial charge in [-0.1, -0.05) is 19.1 Å². The summed E-state index contributed by atoms with van der Waals surface area (Å²) in [4.78, 5) is 28.0. The minimum absolute atomic E-state index is 0.000633. The average Bonchev–Trinajstić information content (AvgIpc) is 3.39. The fourth-order valence-electron chi connectivity index (χ4n) is 5.36. The van der Waals surface area contributed by atoms with Crippen LogP contribution in [0.4, 0.5) is 24.8 Å². The number of ether oxygens (including phenoxy) is 1. The number of nitriles is 1. The summed E-state index contributed by atoms with van der Waals surface area (Å²) in [5, 5.41) is 16.2. The molecule has 1 atom stereocenters. The maximum atomic E-state index is 13.6. The van der Waals surface area contributed by atoms with Crippen molar-refractivity contribution in [3.63, 3.8) is 0 Å². The molecule has 0 amide bonds. The van der Waals surface area contributed by atoms with Gasteiger partial charge < -0.3 is 4.74 Å². The lowest BCUT2D eigenvalue weighted by Gasteiger charge is -2.36. The molecule has 3 heterocycles. The van der Waals surface area contributed by atoms with Crippen LogP contribution in [-0.2, 0) is 35.1 Å². The Morgan fingerprint density at radius 2 is 1.91 bits per heavy atom. The fraction of sp³-hybridized carbons (Fsp3) is 0.258. The van der Waals surface area contributed by atoms with Gasteiger partial charge in [0, 0.05) is 29.9 Å². The third kappa shape index (κ3) is 5.53. The van der Waals surface area contributed by atoms with Gasteiger partial charge in [-0.15, -0.1) is 5.10 Å². The first-order valence-electron chi connectivity index (χ1n) is 13.5. The van der Waals surface area contributed by atoms with E-state index in [0.29, 0.717) is 29.7 Å². The third-order valence-corrected chi connectivity index (χ3v) is 7.55. The predicted molar refractivity (Wildman–Crippen MR) is 150 cm³/mol. The number of alkyl halides is 3. The van der Waals surface area contributed by atoms with E-state index < -0.39 is 29.4 Å². The smallest absolute Gasteiger partial charge is 0.416 e. The van der Waals surface area contributed by atoms with Gasteiger partial charge in [0.05, 0.1) is 29.9 Å². The molecule has 4 aromatic rings. The van der Waals surface area contributed by atoms with Crippen molar-refractivity contribution in [1.82, 2.24) is 14.8 Å². The van der Waals surface area contributed by atoms with Gasteiger partial charge in [-0.05, 0) is 60.4 Å². The molecule has 0 saturated heterocycles. The number of benzene rings is 2. The number of hydrogen-bond acceptors (Lipinski definition) is 6. The van der Waals surface area contributed by atoms with E-state index >= 15 is 0 Å². The number of aromatic nitrogens is 4. The lowest BCUT2D eigenvalue weighted by atomic mass is 9.89. The summed E-state index contributed by atoms with van der Waals surface area (Å²) in [6.07, 6.45) is 0.655. The Morgan fingerprint density at radius 3 is 2.56 bits per heavy atom. The van der Waals surface area contributed by atoms with Gasteiger partial charge in [-0.2, -0.15) is 18.4 Å². The minimum Gasteiger partial charge on any atom is -0.466 e. The van der Waals surface area contributed by atoms with E-state index in [2.05, 4.69) is 23.2 Å². The summed E-state index contributed by atoms with van der Waals surface area (Å²) in [6, 6.07) is 14.7. The molecule has 0 aliphatic carbocycles. The van der Waals surface area contributed by atoms with E-state index in [9.17, 15) is 28.0 Å². The van der Waals surface area contributed by atoms with E-state index in [1.54, 1.807) is 25.1 Å². The number of esters is 1. The number of pyridine rings is 1. The van der Waals surface area contributed by atoms with Gasteiger partial charge in [-0.25, -0.2) is 23.8 Å². The quantitative estimate of drug-likeness (QED) is 0.247. The molecule has 0 spiro atoms. The first kappa shape index (κ1) is 29.3. The Kier molecular flexibility index (Phi) is 7.91. The van der Waals surface area contributed by atoms with Crippen molar-refractivity contribution in [3.8, 4) is 6.07 Å². The first-order chi connectivity index (χ1) is 20.6. The largest absolute Gasteiger partial charge is 0.466 e. The lowest BCUT2D eigenvalue weighted by molar-refractivity contribution is -0.696. The fourth-order valence-corrected chi connectivity index (χ4v) is 5.36. The maximum absolute atomic E-state index is 13.6. The van der Waals surface area contributed by atoms with Crippen LogP contribution in [0.25, 0.3) is 0 Å². The van der Waals surface area contributed by atoms with Gasteiger partial charge in [0.15, 0.2) is 18.9 Å². The molecule has 1 aliphatic heterocycles. The van der Waals surface area contributed by atoms with Crippen LogP contribution in [0.3, 0.4) is 0 Å². The summed E-state index contributed by atoms with van der Waals surface area (Å²) in [7, 11) is 1.19. The third-order valence-electron chi connectivity index (χ3n) is 7.55. The number of rotatable bonds is 7. The van der Waals surface area contributed by atoms with Crippen LogP contribution >= 0.6 is 0 Å². The summed E-state index contributed by atoms with van der Waals surface area (Å²) in [5.74, 6) is -0.766. The Morgan fingerprint density at radius 1 is 1.16 bits per heavy atom. The SMILES string of the molecule is CCc1cc[n+](CCc2cc(C#N)ccc2C2C(C(=O)OC)=C(C)N(c3cccc(C(F)(F)F)c3)c3n[nH]c(=O)n32)cc1. The van der Waals surface area contributed by atoms with Crippen molar-refractivity contribution < 1.29 is 27.3 Å². The molecule has 9 nitrogen and oxygen atoms in total. The number of hydrogen-bond donors (Lipinski definition) is 1. The van der Waals surface area contributed by atoms with Gasteiger partial charge in [0.25, 0.3) is 0 Å². The summed E-state index contributed by atoms with van der Waals surface area (Å²) in [6.45, 7) is 4.17. The highest BCUT2D eigenvalue weighted by Gasteiger charge is 2.41. The normalized spacial score (nSPS) is 14.8. The zero-order chi connectivity index (χ0) is 30.9. The molecule has 2 aromatic carbocycles. The van der Waals surface area contributed by atoms with Crippen LogP contribution < -0.4 is 15.2 Å². The molecule has 0 fully saturated rings. The molecule has 0 saturated carbocycles. The number of aryl methyl sites for hydroxylation is 3. The van der Waals surface area contributed by atoms with Crippen molar-refractivity contribution in [2.24, 2.45) is 0 Å². The van der Waals surface area contributed by atoms with Gasteiger partial charge >= 0.3 is 17.8 Å². The van der Waals surface area contributed by atoms with Crippen molar-refractivity contribution in [2.45, 2.75) is 45.5 Å². The Labute approximate surface area is 245 Å². The lowest BCUT2D eigenvalue weighted by Crippen LogP contribution is -2.38. The van der Waals surface area contributed by atoms with Crippen LogP contribution in [0.2, 0.25) is 0 Å². The summed E-state index contributed by atoms with van der Waals surface area (Å²) in [5.41, 5.74) is 1.60. The molecule has 0 radical (unpaired) electrons. The highest BCUT2D eigenvalue weighted by molar-refractivity contribution is 5.93. The number of carbonyl (C=O) groups is 1. The van der Waals surface area contributed by atoms with E-state index in [1.165, 1.54) is 34.3 Å². The second kappa shape index (κ2) is 11.6. The zero-order valence-electron chi connectivity index (χ0n) is 23.6. The maximum Gasteiger partial charge on any atom is 0.416 e. The van der Waals surface area contributed by atoms with Crippen LogP contribution in [-0.4, -0.2) is 27.8 Å². The highest BCUT2D eigenvalue weighted by atomic mass is 19.4. The molecule has 12 heteroatoms. The minimum atomic E-state index is -4.62. The number of allylic oxidation sites excluding steroid dienone is 1. The Balaban J connectivity index is 1.68. The predicted octanol–water partition coefficient (Wildman–Crippen LogP) is 4.74. The van der Waals surface area contributed by atoms with E-state index in [0.717, 1.165) is 18.6 Å². The van der Waals surface area contributed by atoms with Crippen LogP contribution in [0.5, 0.6) is 0 Å². The van der Waals surface area contributed by atoms with E-state index in [1.807, 2.05) is 29.1 Å². The highest BCUT2D eigenvalue weighted by Crippen LogP contribution is 2.43. The number of halogens is 3. The molecule has 1 unspecified atom stereocenters. The number of anilines is 2. The number of methoxy groups -OCH3 is 1. The van der Waals surface area contributed by atoms with Crippen molar-refractivity contribution in [1.29, 1.82) is 5.26 Å².